The van der Waals surface area contributed by atoms with Crippen LogP contribution in [0.3, 0.4) is 0 Å². The van der Waals surface area contributed by atoms with E-state index < -0.39 is 33.7 Å². The van der Waals surface area contributed by atoms with Gasteiger partial charge in [-0.25, -0.2) is 4.39 Å². The first-order chi connectivity index (χ1) is 9.00. The molecule has 1 atom stereocenters. The van der Waals surface area contributed by atoms with E-state index in [-0.39, 0.29) is 18.5 Å². The Labute approximate surface area is 118 Å². The van der Waals surface area contributed by atoms with E-state index in [0.29, 0.717) is 6.07 Å². The third-order valence-corrected chi connectivity index (χ3v) is 4.07. The van der Waals surface area contributed by atoms with Gasteiger partial charge in [-0.3, -0.25) is 0 Å². The maximum atomic E-state index is 13.2. The van der Waals surface area contributed by atoms with Crippen molar-refractivity contribution in [3.05, 3.63) is 35.1 Å². The lowest BCUT2D eigenvalue weighted by atomic mass is 10.1. The smallest absolute Gasteiger partial charge is 0.416 e. The molecule has 0 spiro atoms. The van der Waals surface area contributed by atoms with Gasteiger partial charge in [-0.15, -0.1) is 4.72 Å². The zero-order valence-electron chi connectivity index (χ0n) is 11.5. The lowest BCUT2D eigenvalue weighted by molar-refractivity contribution is -0.137. The second-order valence-corrected chi connectivity index (χ2v) is 7.42. The van der Waals surface area contributed by atoms with Gasteiger partial charge in [0.05, 0.1) is 5.56 Å². The van der Waals surface area contributed by atoms with Crippen molar-refractivity contribution < 1.29 is 22.1 Å². The van der Waals surface area contributed by atoms with E-state index in [1.165, 1.54) is 0 Å². The summed E-state index contributed by atoms with van der Waals surface area (Å²) in [7, 11) is 0. The number of benzene rings is 1. The maximum absolute atomic E-state index is 13.2. The summed E-state index contributed by atoms with van der Waals surface area (Å²) in [6, 6.07) is 2.42. The Morgan fingerprint density at radius 2 is 1.75 bits per heavy atom. The van der Waals surface area contributed by atoms with Gasteiger partial charge in [0, 0.05) is 17.9 Å². The van der Waals surface area contributed by atoms with Gasteiger partial charge >= 0.3 is 6.18 Å². The molecule has 0 aliphatic rings. The Morgan fingerprint density at radius 1 is 1.15 bits per heavy atom. The summed E-state index contributed by atoms with van der Waals surface area (Å²) >= 11 is -1.30. The molecule has 0 aliphatic carbocycles. The lowest BCUT2D eigenvalue weighted by Gasteiger charge is -2.23. The number of halogens is 4. The van der Waals surface area contributed by atoms with Crippen molar-refractivity contribution in [3.63, 3.8) is 0 Å². The van der Waals surface area contributed by atoms with Gasteiger partial charge in [-0.05, 0) is 51.0 Å². The standard InChI is InChI=1S/C13H17F4NOS/c1-12(2,3)20(19)18-5-4-9-6-10(13(15,16)17)8-11(14)7-9/h6-8,18H,4-5H2,1-3H3/t20-/m0/s1. The largest absolute Gasteiger partial charge is 0.598 e. The number of alkyl halides is 3. The highest BCUT2D eigenvalue weighted by Crippen LogP contribution is 2.30. The molecule has 0 bridgehead atoms. The number of hydrogen-bond acceptors (Lipinski definition) is 2. The average Bonchev–Trinajstić information content (AvgIpc) is 2.25. The zero-order chi connectivity index (χ0) is 15.6. The summed E-state index contributed by atoms with van der Waals surface area (Å²) in [6.45, 7) is 5.55. The molecule has 7 heteroatoms. The van der Waals surface area contributed by atoms with Crippen molar-refractivity contribution in [1.82, 2.24) is 4.72 Å². The fraction of sp³-hybridized carbons (Fsp3) is 0.538. The Hall–Kier alpha value is -0.790. The summed E-state index contributed by atoms with van der Waals surface area (Å²) in [5.41, 5.74) is -0.792. The van der Waals surface area contributed by atoms with Crippen molar-refractivity contribution >= 4 is 11.4 Å². The molecule has 2 nitrogen and oxygen atoms in total. The summed E-state index contributed by atoms with van der Waals surface area (Å²) in [5.74, 6) is -0.924. The molecule has 0 unspecified atom stereocenters. The van der Waals surface area contributed by atoms with Crippen LogP contribution in [0.1, 0.15) is 31.9 Å². The van der Waals surface area contributed by atoms with Crippen molar-refractivity contribution in [3.8, 4) is 0 Å². The van der Waals surface area contributed by atoms with Crippen molar-refractivity contribution in [1.29, 1.82) is 0 Å². The van der Waals surface area contributed by atoms with Crippen LogP contribution in [0.2, 0.25) is 0 Å². The second kappa shape index (κ2) is 6.32. The molecule has 1 rings (SSSR count). The molecule has 0 amide bonds. The molecule has 1 aromatic rings. The SMILES string of the molecule is CC(C)(C)[S@+]([O-])NCCc1cc(F)cc(C(F)(F)F)c1. The Bertz CT molecular complexity index is 457. The molecule has 20 heavy (non-hydrogen) atoms. The molecule has 0 saturated heterocycles. The highest BCUT2D eigenvalue weighted by Gasteiger charge is 2.31. The normalized spacial score (nSPS) is 14.4. The first-order valence-electron chi connectivity index (χ1n) is 6.02. The minimum Gasteiger partial charge on any atom is -0.598 e. The van der Waals surface area contributed by atoms with Crippen molar-refractivity contribution in [2.45, 2.75) is 38.1 Å². The van der Waals surface area contributed by atoms with Crippen LogP contribution in [0.5, 0.6) is 0 Å². The Kier molecular flexibility index (Phi) is 5.46. The first-order valence-corrected chi connectivity index (χ1v) is 7.17. The number of hydrogen-bond donors (Lipinski definition) is 1. The third-order valence-electron chi connectivity index (χ3n) is 2.49. The van der Waals surface area contributed by atoms with Crippen LogP contribution in [-0.4, -0.2) is 15.8 Å². The predicted octanol–water partition coefficient (Wildman–Crippen LogP) is 3.44. The Balaban J connectivity index is 2.68. The highest BCUT2D eigenvalue weighted by atomic mass is 32.2. The highest BCUT2D eigenvalue weighted by molar-refractivity contribution is 7.90. The van der Waals surface area contributed by atoms with E-state index >= 15 is 0 Å². The lowest BCUT2D eigenvalue weighted by Crippen LogP contribution is -2.40. The van der Waals surface area contributed by atoms with E-state index in [4.69, 9.17) is 0 Å². The van der Waals surface area contributed by atoms with Gasteiger partial charge in [0.2, 0.25) is 0 Å². The summed E-state index contributed by atoms with van der Waals surface area (Å²) in [5, 5.41) is 0. The van der Waals surface area contributed by atoms with Crippen LogP contribution in [0.25, 0.3) is 0 Å². The van der Waals surface area contributed by atoms with Crippen LogP contribution in [0.4, 0.5) is 17.6 Å². The summed E-state index contributed by atoms with van der Waals surface area (Å²) in [4.78, 5) is 0. The minimum atomic E-state index is -4.57. The van der Waals surface area contributed by atoms with E-state index in [1.807, 2.05) is 0 Å². The zero-order valence-corrected chi connectivity index (χ0v) is 12.3. The molecule has 0 saturated carbocycles. The predicted molar refractivity (Wildman–Crippen MR) is 71.0 cm³/mol. The van der Waals surface area contributed by atoms with E-state index in [2.05, 4.69) is 4.72 Å². The average molecular weight is 311 g/mol. The summed E-state index contributed by atoms with van der Waals surface area (Å²) < 4.78 is 64.7. The minimum absolute atomic E-state index is 0.169. The van der Waals surface area contributed by atoms with Crippen LogP contribution < -0.4 is 4.72 Å². The van der Waals surface area contributed by atoms with Gasteiger partial charge in [0.15, 0.2) is 0 Å². The molecule has 0 aromatic heterocycles. The molecule has 0 aliphatic heterocycles. The molecular formula is C13H17F4NOS. The quantitative estimate of drug-likeness (QED) is 0.683. The monoisotopic (exact) mass is 311 g/mol. The van der Waals surface area contributed by atoms with Gasteiger partial charge in [0.1, 0.15) is 10.6 Å². The molecule has 114 valence electrons. The van der Waals surface area contributed by atoms with Gasteiger partial charge < -0.3 is 4.55 Å². The summed E-state index contributed by atoms with van der Waals surface area (Å²) in [6.07, 6.45) is -4.40. The van der Waals surface area contributed by atoms with Crippen LogP contribution in [0, 0.1) is 5.82 Å². The maximum Gasteiger partial charge on any atom is 0.416 e. The topological polar surface area (TPSA) is 35.1 Å². The van der Waals surface area contributed by atoms with Crippen molar-refractivity contribution in [2.24, 2.45) is 0 Å². The molecule has 0 fully saturated rings. The van der Waals surface area contributed by atoms with E-state index in [1.54, 1.807) is 20.8 Å². The van der Waals surface area contributed by atoms with Crippen LogP contribution in [0.15, 0.2) is 18.2 Å². The first kappa shape index (κ1) is 17.3. The van der Waals surface area contributed by atoms with E-state index in [0.717, 1.165) is 12.1 Å². The van der Waals surface area contributed by atoms with Gasteiger partial charge in [-0.2, -0.15) is 13.2 Å². The second-order valence-electron chi connectivity index (χ2n) is 5.37. The molecule has 1 N–H and O–H groups in total. The number of nitrogens with one attached hydrogen (secondary N) is 1. The van der Waals surface area contributed by atoms with E-state index in [9.17, 15) is 22.1 Å². The fourth-order valence-electron chi connectivity index (χ4n) is 1.46. The molecule has 0 heterocycles. The number of rotatable bonds is 4. The Morgan fingerprint density at radius 3 is 2.25 bits per heavy atom. The van der Waals surface area contributed by atoms with Crippen LogP contribution >= 0.6 is 0 Å². The fourth-order valence-corrected chi connectivity index (χ4v) is 2.18. The van der Waals surface area contributed by atoms with Gasteiger partial charge in [-0.1, -0.05) is 0 Å². The molecule has 0 radical (unpaired) electrons. The molecule has 1 aromatic carbocycles. The van der Waals surface area contributed by atoms with Crippen LogP contribution in [-0.2, 0) is 24.0 Å². The third kappa shape index (κ3) is 5.30. The van der Waals surface area contributed by atoms with Gasteiger partial charge in [0.25, 0.3) is 0 Å². The molecular weight excluding hydrogens is 294 g/mol. The van der Waals surface area contributed by atoms with Crippen molar-refractivity contribution in [2.75, 3.05) is 6.54 Å².